The monoisotopic (exact) mass is 284 g/mol. The minimum absolute atomic E-state index is 0.0607. The molecule has 0 spiro atoms. The van der Waals surface area contributed by atoms with Gasteiger partial charge in [-0.25, -0.2) is 4.39 Å². The standard InChI is InChI=1S/C18H21FN2/c1-6-16(9-7-12(2)20-5)21-13(3)17-10-8-15(19)11-18(17)14(21)4/h6,8,10-11,16,20H,1-4,7,9H2,5H3. The van der Waals surface area contributed by atoms with Crippen molar-refractivity contribution in [2.24, 2.45) is 0 Å². The van der Waals surface area contributed by atoms with Crippen LogP contribution in [0, 0.1) is 5.82 Å². The number of nitrogens with zero attached hydrogens (tertiary/aromatic N) is 1. The van der Waals surface area contributed by atoms with E-state index in [0.717, 1.165) is 40.0 Å². The van der Waals surface area contributed by atoms with Crippen LogP contribution in [0.25, 0.3) is 23.9 Å². The van der Waals surface area contributed by atoms with Crippen LogP contribution in [0.3, 0.4) is 0 Å². The summed E-state index contributed by atoms with van der Waals surface area (Å²) in [4.78, 5) is 0. The molecule has 3 heteroatoms. The summed E-state index contributed by atoms with van der Waals surface area (Å²) in [6, 6.07) is 4.78. The van der Waals surface area contributed by atoms with E-state index >= 15 is 0 Å². The minimum atomic E-state index is -0.261. The zero-order valence-electron chi connectivity index (χ0n) is 12.5. The number of halogens is 1. The molecular formula is C18H21FN2. The Morgan fingerprint density at radius 3 is 2.62 bits per heavy atom. The summed E-state index contributed by atoms with van der Waals surface area (Å²) in [6.07, 6.45) is 3.55. The Labute approximate surface area is 124 Å². The van der Waals surface area contributed by atoms with Crippen molar-refractivity contribution in [3.63, 3.8) is 0 Å². The minimum Gasteiger partial charge on any atom is -0.392 e. The zero-order valence-corrected chi connectivity index (χ0v) is 12.5. The molecule has 1 aromatic heterocycles. The third kappa shape index (κ3) is 2.77. The van der Waals surface area contributed by atoms with Crippen molar-refractivity contribution in [1.82, 2.24) is 9.88 Å². The van der Waals surface area contributed by atoms with E-state index in [2.05, 4.69) is 31.6 Å². The van der Waals surface area contributed by atoms with E-state index in [0.29, 0.717) is 0 Å². The number of nitrogens with one attached hydrogen (secondary N) is 1. The molecule has 1 heterocycles. The quantitative estimate of drug-likeness (QED) is 0.807. The van der Waals surface area contributed by atoms with Gasteiger partial charge in [-0.15, -0.1) is 6.58 Å². The molecule has 1 atom stereocenters. The third-order valence-electron chi connectivity index (χ3n) is 3.88. The number of allylic oxidation sites excluding steroid dienone is 2. The van der Waals surface area contributed by atoms with E-state index in [4.69, 9.17) is 0 Å². The Morgan fingerprint density at radius 1 is 1.33 bits per heavy atom. The number of hydrogen-bond acceptors (Lipinski definition) is 1. The molecule has 110 valence electrons. The fraction of sp³-hybridized carbons (Fsp3) is 0.222. The average molecular weight is 284 g/mol. The van der Waals surface area contributed by atoms with E-state index in [1.54, 1.807) is 6.07 Å². The second kappa shape index (κ2) is 6.00. The maximum Gasteiger partial charge on any atom is 0.123 e. The van der Waals surface area contributed by atoms with E-state index in [1.807, 2.05) is 17.7 Å². The molecule has 21 heavy (non-hydrogen) atoms. The molecule has 0 fully saturated rings. The fourth-order valence-electron chi connectivity index (χ4n) is 2.63. The van der Waals surface area contributed by atoms with Crippen LogP contribution in [-0.2, 0) is 0 Å². The first-order valence-corrected chi connectivity index (χ1v) is 6.95. The fourth-order valence-corrected chi connectivity index (χ4v) is 2.63. The van der Waals surface area contributed by atoms with Crippen LogP contribution >= 0.6 is 0 Å². The van der Waals surface area contributed by atoms with Crippen LogP contribution in [0.1, 0.15) is 18.9 Å². The van der Waals surface area contributed by atoms with Gasteiger partial charge in [0.25, 0.3) is 0 Å². The lowest BCUT2D eigenvalue weighted by Gasteiger charge is -2.16. The number of fused-ring (bicyclic) bond motifs is 1. The molecule has 0 radical (unpaired) electrons. The second-order valence-electron chi connectivity index (χ2n) is 5.15. The van der Waals surface area contributed by atoms with Crippen LogP contribution in [0.15, 0.2) is 43.1 Å². The molecule has 0 saturated carbocycles. The summed E-state index contributed by atoms with van der Waals surface area (Å²) in [7, 11) is 1.86. The molecule has 0 saturated heterocycles. The lowest BCUT2D eigenvalue weighted by molar-refractivity contribution is 0.535. The summed E-state index contributed by atoms with van der Waals surface area (Å²) in [5, 5.41) is 6.39. The van der Waals surface area contributed by atoms with Gasteiger partial charge >= 0.3 is 0 Å². The van der Waals surface area contributed by atoms with Gasteiger partial charge in [0.1, 0.15) is 5.82 Å². The van der Waals surface area contributed by atoms with Crippen molar-refractivity contribution in [3.8, 4) is 0 Å². The van der Waals surface area contributed by atoms with Crippen molar-refractivity contribution in [1.29, 1.82) is 0 Å². The Kier molecular flexibility index (Phi) is 4.32. The third-order valence-corrected chi connectivity index (χ3v) is 3.88. The van der Waals surface area contributed by atoms with Crippen LogP contribution in [-0.4, -0.2) is 11.6 Å². The van der Waals surface area contributed by atoms with Gasteiger partial charge in [0.2, 0.25) is 0 Å². The van der Waals surface area contributed by atoms with Gasteiger partial charge in [-0.1, -0.05) is 25.8 Å². The first kappa shape index (κ1) is 15.1. The lowest BCUT2D eigenvalue weighted by atomic mass is 10.1. The zero-order chi connectivity index (χ0) is 15.6. The second-order valence-corrected chi connectivity index (χ2v) is 5.15. The van der Waals surface area contributed by atoms with E-state index in [-0.39, 0.29) is 11.9 Å². The lowest BCUT2D eigenvalue weighted by Crippen LogP contribution is -2.29. The molecule has 0 aliphatic heterocycles. The molecule has 2 rings (SSSR count). The molecule has 0 bridgehead atoms. The number of rotatable bonds is 6. The van der Waals surface area contributed by atoms with Crippen molar-refractivity contribution in [2.45, 2.75) is 18.9 Å². The number of aromatic nitrogens is 1. The Hall–Kier alpha value is -2.29. The normalized spacial score (nSPS) is 12.3. The summed E-state index contributed by atoms with van der Waals surface area (Å²) >= 11 is 0. The van der Waals surface area contributed by atoms with Gasteiger partial charge in [-0.05, 0) is 31.0 Å². The van der Waals surface area contributed by atoms with Gasteiger partial charge in [0.05, 0.1) is 6.04 Å². The average Bonchev–Trinajstić information content (AvgIpc) is 2.72. The first-order valence-electron chi connectivity index (χ1n) is 6.95. The number of benzene rings is 1. The maximum absolute atomic E-state index is 13.4. The molecule has 1 aromatic carbocycles. The van der Waals surface area contributed by atoms with Gasteiger partial charge in [-0.2, -0.15) is 0 Å². The Balaban J connectivity index is 2.49. The molecule has 2 nitrogen and oxygen atoms in total. The predicted molar refractivity (Wildman–Crippen MR) is 88.9 cm³/mol. The summed E-state index contributed by atoms with van der Waals surface area (Å²) in [5.74, 6) is -0.261. The molecule has 0 amide bonds. The van der Waals surface area contributed by atoms with Gasteiger partial charge in [-0.3, -0.25) is 0 Å². The largest absolute Gasteiger partial charge is 0.392 e. The van der Waals surface area contributed by atoms with Gasteiger partial charge in [0, 0.05) is 34.2 Å². The van der Waals surface area contributed by atoms with E-state index < -0.39 is 0 Å². The van der Waals surface area contributed by atoms with Crippen LogP contribution in [0.4, 0.5) is 4.39 Å². The van der Waals surface area contributed by atoms with Crippen molar-refractivity contribution < 1.29 is 4.39 Å². The molecule has 1 unspecified atom stereocenters. The van der Waals surface area contributed by atoms with Crippen molar-refractivity contribution >= 4 is 23.9 Å². The highest BCUT2D eigenvalue weighted by Gasteiger charge is 2.13. The van der Waals surface area contributed by atoms with E-state index in [1.165, 1.54) is 12.1 Å². The van der Waals surface area contributed by atoms with Crippen molar-refractivity contribution in [3.05, 3.63) is 59.6 Å². The van der Waals surface area contributed by atoms with Crippen LogP contribution < -0.4 is 16.0 Å². The summed E-state index contributed by atoms with van der Waals surface area (Å²) < 4.78 is 15.5. The first-order chi connectivity index (χ1) is 9.99. The summed E-state index contributed by atoms with van der Waals surface area (Å²) in [6.45, 7) is 16.1. The SMILES string of the molecule is C=CC(CCC(=C)NC)n1c(=C)c2ccc(F)cc2c1=C. The van der Waals surface area contributed by atoms with Crippen molar-refractivity contribution in [2.75, 3.05) is 7.05 Å². The van der Waals surface area contributed by atoms with Gasteiger partial charge in [0.15, 0.2) is 0 Å². The molecule has 1 N–H and O–H groups in total. The molecular weight excluding hydrogens is 263 g/mol. The van der Waals surface area contributed by atoms with Crippen LogP contribution in [0.2, 0.25) is 0 Å². The van der Waals surface area contributed by atoms with Crippen LogP contribution in [0.5, 0.6) is 0 Å². The van der Waals surface area contributed by atoms with Gasteiger partial charge < -0.3 is 9.88 Å². The Morgan fingerprint density at radius 2 is 2.00 bits per heavy atom. The highest BCUT2D eigenvalue weighted by molar-refractivity contribution is 5.83. The highest BCUT2D eigenvalue weighted by atomic mass is 19.1. The smallest absolute Gasteiger partial charge is 0.123 e. The summed E-state index contributed by atoms with van der Waals surface area (Å²) in [5.41, 5.74) is 0.973. The molecule has 0 aliphatic rings. The topological polar surface area (TPSA) is 17.0 Å². The molecule has 2 aromatic rings. The maximum atomic E-state index is 13.4. The van der Waals surface area contributed by atoms with E-state index in [9.17, 15) is 4.39 Å². The highest BCUT2D eigenvalue weighted by Crippen LogP contribution is 2.17. The predicted octanol–water partition coefficient (Wildman–Crippen LogP) is 2.84. The Bertz CT molecular complexity index is 786. The molecule has 0 aliphatic carbocycles. The number of hydrogen-bond donors (Lipinski definition) is 1.